The molecule has 2 aromatic rings. The van der Waals surface area contributed by atoms with Crippen molar-refractivity contribution in [2.45, 2.75) is 26.2 Å². The highest BCUT2D eigenvalue weighted by atomic mass is 16.5. The minimum absolute atomic E-state index is 0.00447. The van der Waals surface area contributed by atoms with Gasteiger partial charge in [0.2, 0.25) is 0 Å². The zero-order valence-corrected chi connectivity index (χ0v) is 12.5. The van der Waals surface area contributed by atoms with Gasteiger partial charge >= 0.3 is 0 Å². The van der Waals surface area contributed by atoms with Gasteiger partial charge in [-0.1, -0.05) is 44.1 Å². The first kappa shape index (κ1) is 14.9. The molecule has 0 aliphatic heterocycles. The molecule has 110 valence electrons. The smallest absolute Gasteiger partial charge is 0.170 e. The minimum atomic E-state index is 0.00447. The molecule has 2 aromatic carbocycles. The normalized spacial score (nSPS) is 12.2. The highest BCUT2D eigenvalue weighted by Crippen LogP contribution is 2.33. The number of nitrogens with two attached hydrogens (primary N) is 1. The van der Waals surface area contributed by atoms with Crippen LogP contribution < -0.4 is 10.5 Å². The number of hydrogen-bond acceptors (Lipinski definition) is 3. The van der Waals surface area contributed by atoms with Crippen molar-refractivity contribution in [2.24, 2.45) is 10.9 Å². The summed E-state index contributed by atoms with van der Waals surface area (Å²) in [4.78, 5) is 0. The Hall–Kier alpha value is -2.49. The van der Waals surface area contributed by atoms with Crippen molar-refractivity contribution in [3.63, 3.8) is 0 Å². The summed E-state index contributed by atoms with van der Waals surface area (Å²) in [5.74, 6) is 1.62. The number of rotatable bonds is 3. The van der Waals surface area contributed by atoms with Crippen LogP contribution in [0.5, 0.6) is 11.5 Å². The van der Waals surface area contributed by atoms with Crippen molar-refractivity contribution in [3.8, 4) is 11.5 Å². The number of oxime groups is 1. The average molecular weight is 284 g/mol. The van der Waals surface area contributed by atoms with Crippen LogP contribution in [-0.4, -0.2) is 11.0 Å². The Morgan fingerprint density at radius 3 is 2.24 bits per heavy atom. The molecule has 0 aromatic heterocycles. The van der Waals surface area contributed by atoms with Crippen molar-refractivity contribution in [2.75, 3.05) is 0 Å². The van der Waals surface area contributed by atoms with Crippen molar-refractivity contribution < 1.29 is 9.94 Å². The first-order valence-electron chi connectivity index (χ1n) is 6.77. The molecular formula is C17H20N2O2. The lowest BCUT2D eigenvalue weighted by Gasteiger charge is -2.22. The minimum Gasteiger partial charge on any atom is -0.457 e. The van der Waals surface area contributed by atoms with Crippen LogP contribution in [0.15, 0.2) is 53.7 Å². The molecule has 4 nitrogen and oxygen atoms in total. The Balaban J connectivity index is 2.27. The second-order valence-electron chi connectivity index (χ2n) is 5.86. The molecule has 0 unspecified atom stereocenters. The molecule has 0 spiro atoms. The summed E-state index contributed by atoms with van der Waals surface area (Å²) >= 11 is 0. The van der Waals surface area contributed by atoms with Crippen LogP contribution in [0.1, 0.15) is 31.9 Å². The van der Waals surface area contributed by atoms with E-state index in [2.05, 4.69) is 32.0 Å². The predicted octanol–water partition coefficient (Wildman–Crippen LogP) is 3.87. The Labute approximate surface area is 124 Å². The van der Waals surface area contributed by atoms with Gasteiger partial charge in [0.05, 0.1) is 0 Å². The van der Waals surface area contributed by atoms with Crippen LogP contribution in [0.25, 0.3) is 0 Å². The van der Waals surface area contributed by atoms with Gasteiger partial charge < -0.3 is 15.7 Å². The molecule has 0 bridgehead atoms. The number of benzene rings is 2. The third-order valence-electron chi connectivity index (χ3n) is 3.18. The van der Waals surface area contributed by atoms with E-state index in [-0.39, 0.29) is 11.3 Å². The van der Waals surface area contributed by atoms with Crippen LogP contribution in [0.4, 0.5) is 0 Å². The van der Waals surface area contributed by atoms with Gasteiger partial charge in [-0.05, 0) is 35.7 Å². The van der Waals surface area contributed by atoms with Crippen molar-refractivity contribution in [3.05, 3.63) is 59.7 Å². The predicted molar refractivity (Wildman–Crippen MR) is 84.2 cm³/mol. The molecule has 2 rings (SSSR count). The van der Waals surface area contributed by atoms with Gasteiger partial charge in [-0.25, -0.2) is 0 Å². The van der Waals surface area contributed by atoms with Gasteiger partial charge in [0.1, 0.15) is 11.5 Å². The molecule has 0 saturated carbocycles. The molecule has 0 atom stereocenters. The number of hydrogen-bond donors (Lipinski definition) is 2. The van der Waals surface area contributed by atoms with Gasteiger partial charge in [-0.15, -0.1) is 0 Å². The van der Waals surface area contributed by atoms with E-state index in [1.54, 1.807) is 24.3 Å². The van der Waals surface area contributed by atoms with Gasteiger partial charge in [0.25, 0.3) is 0 Å². The van der Waals surface area contributed by atoms with Crippen LogP contribution >= 0.6 is 0 Å². The van der Waals surface area contributed by atoms with E-state index in [1.165, 1.54) is 0 Å². The number of nitrogens with zero attached hydrogens (tertiary/aromatic N) is 1. The summed E-state index contributed by atoms with van der Waals surface area (Å²) in [7, 11) is 0. The van der Waals surface area contributed by atoms with Gasteiger partial charge in [0.15, 0.2) is 5.84 Å². The topological polar surface area (TPSA) is 67.8 Å². The Kier molecular flexibility index (Phi) is 4.17. The SMILES string of the molecule is CC(C)(C)c1ccccc1Oc1ccc(/C(N)=N/O)cc1. The molecule has 0 aliphatic rings. The summed E-state index contributed by atoms with van der Waals surface area (Å²) < 4.78 is 5.96. The molecule has 0 radical (unpaired) electrons. The standard InChI is InChI=1S/C17H20N2O2/c1-17(2,3)14-6-4-5-7-15(14)21-13-10-8-12(9-11-13)16(18)19-20/h4-11,20H,1-3H3,(H2,18,19). The van der Waals surface area contributed by atoms with E-state index in [0.29, 0.717) is 11.3 Å². The van der Waals surface area contributed by atoms with Crippen molar-refractivity contribution in [1.29, 1.82) is 0 Å². The van der Waals surface area contributed by atoms with Crippen LogP contribution in [0, 0.1) is 0 Å². The second-order valence-corrected chi connectivity index (χ2v) is 5.86. The highest BCUT2D eigenvalue weighted by Gasteiger charge is 2.18. The summed E-state index contributed by atoms with van der Waals surface area (Å²) in [6.07, 6.45) is 0. The second kappa shape index (κ2) is 5.87. The first-order valence-corrected chi connectivity index (χ1v) is 6.77. The maximum Gasteiger partial charge on any atom is 0.170 e. The van der Waals surface area contributed by atoms with Crippen molar-refractivity contribution in [1.82, 2.24) is 0 Å². The highest BCUT2D eigenvalue weighted by molar-refractivity contribution is 5.97. The third kappa shape index (κ3) is 3.54. The average Bonchev–Trinajstić information content (AvgIpc) is 2.47. The molecule has 0 aliphatic carbocycles. The lowest BCUT2D eigenvalue weighted by atomic mass is 9.86. The van der Waals surface area contributed by atoms with Gasteiger partial charge in [0, 0.05) is 11.1 Å². The van der Waals surface area contributed by atoms with Crippen LogP contribution in [-0.2, 0) is 5.41 Å². The van der Waals surface area contributed by atoms with E-state index >= 15 is 0 Å². The van der Waals surface area contributed by atoms with E-state index in [4.69, 9.17) is 15.7 Å². The number of amidine groups is 1. The molecule has 21 heavy (non-hydrogen) atoms. The summed E-state index contributed by atoms with van der Waals surface area (Å²) in [6, 6.07) is 15.1. The number of ether oxygens (including phenoxy) is 1. The van der Waals surface area contributed by atoms with Crippen LogP contribution in [0.3, 0.4) is 0 Å². The lowest BCUT2D eigenvalue weighted by Crippen LogP contribution is -2.13. The molecule has 0 fully saturated rings. The molecule has 0 saturated heterocycles. The van der Waals surface area contributed by atoms with E-state index < -0.39 is 0 Å². The van der Waals surface area contributed by atoms with Gasteiger partial charge in [-0.2, -0.15) is 0 Å². The fraction of sp³-hybridized carbons (Fsp3) is 0.235. The van der Waals surface area contributed by atoms with Crippen LogP contribution in [0.2, 0.25) is 0 Å². The monoisotopic (exact) mass is 284 g/mol. The molecule has 0 heterocycles. The van der Waals surface area contributed by atoms with E-state index in [9.17, 15) is 0 Å². The first-order chi connectivity index (χ1) is 9.91. The largest absolute Gasteiger partial charge is 0.457 e. The van der Waals surface area contributed by atoms with E-state index in [1.807, 2.05) is 18.2 Å². The van der Waals surface area contributed by atoms with E-state index in [0.717, 1.165) is 11.3 Å². The fourth-order valence-corrected chi connectivity index (χ4v) is 2.05. The number of para-hydroxylation sites is 1. The maximum absolute atomic E-state index is 8.65. The quantitative estimate of drug-likeness (QED) is 0.389. The third-order valence-corrected chi connectivity index (χ3v) is 3.18. The summed E-state index contributed by atoms with van der Waals surface area (Å²) in [5.41, 5.74) is 7.33. The molecular weight excluding hydrogens is 264 g/mol. The Bertz CT molecular complexity index is 641. The zero-order valence-electron chi connectivity index (χ0n) is 12.5. The molecule has 4 heteroatoms. The summed E-state index contributed by atoms with van der Waals surface area (Å²) in [6.45, 7) is 6.45. The maximum atomic E-state index is 8.65. The lowest BCUT2D eigenvalue weighted by molar-refractivity contribution is 0.318. The Morgan fingerprint density at radius 1 is 1.05 bits per heavy atom. The summed E-state index contributed by atoms with van der Waals surface area (Å²) in [5, 5.41) is 11.6. The Morgan fingerprint density at radius 2 is 1.67 bits per heavy atom. The fourth-order valence-electron chi connectivity index (χ4n) is 2.05. The van der Waals surface area contributed by atoms with Crippen molar-refractivity contribution >= 4 is 5.84 Å². The van der Waals surface area contributed by atoms with Gasteiger partial charge in [-0.3, -0.25) is 0 Å². The molecule has 3 N–H and O–H groups in total. The molecule has 0 amide bonds. The zero-order chi connectivity index (χ0) is 15.5.